The van der Waals surface area contributed by atoms with Gasteiger partial charge in [-0.1, -0.05) is 6.92 Å². The Kier molecular flexibility index (Phi) is 5.44. The quantitative estimate of drug-likeness (QED) is 0.814. The SMILES string of the molecule is CC(CN)CSCc1cc(C(N)=O)ccc1F. The number of primary amides is 1. The van der Waals surface area contributed by atoms with Gasteiger partial charge in [-0.15, -0.1) is 0 Å². The predicted molar refractivity (Wildman–Crippen MR) is 69.3 cm³/mol. The van der Waals surface area contributed by atoms with Crippen molar-refractivity contribution >= 4 is 17.7 Å². The second-order valence-electron chi connectivity index (χ2n) is 4.03. The molecule has 0 radical (unpaired) electrons. The Labute approximate surface area is 105 Å². The van der Waals surface area contributed by atoms with Gasteiger partial charge in [0.05, 0.1) is 0 Å². The Balaban J connectivity index is 2.63. The van der Waals surface area contributed by atoms with Gasteiger partial charge in [-0.2, -0.15) is 11.8 Å². The fourth-order valence-corrected chi connectivity index (χ4v) is 2.37. The molecule has 1 amide bonds. The van der Waals surface area contributed by atoms with Crippen molar-refractivity contribution < 1.29 is 9.18 Å². The van der Waals surface area contributed by atoms with Gasteiger partial charge in [0.2, 0.25) is 5.91 Å². The molecule has 1 aromatic rings. The van der Waals surface area contributed by atoms with E-state index in [0.717, 1.165) is 5.75 Å². The first-order valence-electron chi connectivity index (χ1n) is 5.40. The summed E-state index contributed by atoms with van der Waals surface area (Å²) in [6, 6.07) is 4.19. The van der Waals surface area contributed by atoms with E-state index in [1.54, 1.807) is 11.8 Å². The summed E-state index contributed by atoms with van der Waals surface area (Å²) in [6.45, 7) is 2.67. The third kappa shape index (κ3) is 4.36. The van der Waals surface area contributed by atoms with Gasteiger partial charge >= 0.3 is 0 Å². The van der Waals surface area contributed by atoms with E-state index in [1.165, 1.54) is 18.2 Å². The molecule has 5 heteroatoms. The molecule has 0 bridgehead atoms. The second-order valence-corrected chi connectivity index (χ2v) is 5.06. The number of rotatable bonds is 6. The van der Waals surface area contributed by atoms with Crippen LogP contribution < -0.4 is 11.5 Å². The third-order valence-electron chi connectivity index (χ3n) is 2.39. The molecule has 1 rings (SSSR count). The molecular formula is C12H17FN2OS. The number of nitrogens with two attached hydrogens (primary N) is 2. The molecule has 0 heterocycles. The van der Waals surface area contributed by atoms with Crippen molar-refractivity contribution in [1.82, 2.24) is 0 Å². The van der Waals surface area contributed by atoms with Gasteiger partial charge in [0.15, 0.2) is 0 Å². The Morgan fingerprint density at radius 2 is 2.24 bits per heavy atom. The summed E-state index contributed by atoms with van der Waals surface area (Å²) in [5.74, 6) is 0.963. The maximum absolute atomic E-state index is 13.4. The average molecular weight is 256 g/mol. The van der Waals surface area contributed by atoms with Crippen LogP contribution in [0.2, 0.25) is 0 Å². The molecule has 0 aliphatic rings. The molecule has 1 aromatic carbocycles. The Hall–Kier alpha value is -1.07. The number of hydrogen-bond acceptors (Lipinski definition) is 3. The molecule has 0 aromatic heterocycles. The first kappa shape index (κ1) is 14.0. The van der Waals surface area contributed by atoms with Crippen LogP contribution in [0.15, 0.2) is 18.2 Å². The maximum Gasteiger partial charge on any atom is 0.248 e. The van der Waals surface area contributed by atoms with E-state index in [-0.39, 0.29) is 5.82 Å². The molecular weight excluding hydrogens is 239 g/mol. The predicted octanol–water partition coefficient (Wildman–Crippen LogP) is 1.75. The lowest BCUT2D eigenvalue weighted by Gasteiger charge is -2.08. The van der Waals surface area contributed by atoms with E-state index >= 15 is 0 Å². The molecule has 1 unspecified atom stereocenters. The van der Waals surface area contributed by atoms with Crippen molar-refractivity contribution in [3.05, 3.63) is 35.1 Å². The molecule has 1 atom stereocenters. The van der Waals surface area contributed by atoms with Crippen molar-refractivity contribution in [2.45, 2.75) is 12.7 Å². The van der Waals surface area contributed by atoms with E-state index in [2.05, 4.69) is 0 Å². The molecule has 94 valence electrons. The van der Waals surface area contributed by atoms with Gasteiger partial charge in [-0.3, -0.25) is 4.79 Å². The Morgan fingerprint density at radius 1 is 1.53 bits per heavy atom. The molecule has 0 spiro atoms. The van der Waals surface area contributed by atoms with E-state index in [0.29, 0.717) is 29.3 Å². The van der Waals surface area contributed by atoms with Crippen LogP contribution >= 0.6 is 11.8 Å². The monoisotopic (exact) mass is 256 g/mol. The molecule has 0 fully saturated rings. The lowest BCUT2D eigenvalue weighted by molar-refractivity contribution is 0.1000. The van der Waals surface area contributed by atoms with Gasteiger partial charge in [-0.05, 0) is 42.0 Å². The molecule has 0 saturated carbocycles. The minimum absolute atomic E-state index is 0.303. The number of benzene rings is 1. The summed E-state index contributed by atoms with van der Waals surface area (Å²) in [6.07, 6.45) is 0. The topological polar surface area (TPSA) is 69.1 Å². The number of hydrogen-bond donors (Lipinski definition) is 2. The average Bonchev–Trinajstić information content (AvgIpc) is 2.30. The second kappa shape index (κ2) is 6.61. The fraction of sp³-hybridized carbons (Fsp3) is 0.417. The highest BCUT2D eigenvalue weighted by Gasteiger charge is 2.08. The number of amides is 1. The van der Waals surface area contributed by atoms with Crippen LogP contribution in [0.4, 0.5) is 4.39 Å². The Morgan fingerprint density at radius 3 is 2.82 bits per heavy atom. The van der Waals surface area contributed by atoms with Gasteiger partial charge in [-0.25, -0.2) is 4.39 Å². The first-order valence-corrected chi connectivity index (χ1v) is 6.56. The molecule has 3 nitrogen and oxygen atoms in total. The highest BCUT2D eigenvalue weighted by molar-refractivity contribution is 7.98. The summed E-state index contributed by atoms with van der Waals surface area (Å²) in [7, 11) is 0. The Bertz CT molecular complexity index is 398. The van der Waals surface area contributed by atoms with Crippen LogP contribution in [0.5, 0.6) is 0 Å². The number of halogens is 1. The summed E-state index contributed by atoms with van der Waals surface area (Å²) in [5.41, 5.74) is 11.5. The first-order chi connectivity index (χ1) is 8.04. The lowest BCUT2D eigenvalue weighted by Crippen LogP contribution is -2.13. The zero-order chi connectivity index (χ0) is 12.8. The zero-order valence-corrected chi connectivity index (χ0v) is 10.6. The van der Waals surface area contributed by atoms with Crippen molar-refractivity contribution in [1.29, 1.82) is 0 Å². The fourth-order valence-electron chi connectivity index (χ4n) is 1.28. The van der Waals surface area contributed by atoms with Gasteiger partial charge < -0.3 is 11.5 Å². The van der Waals surface area contributed by atoms with Crippen LogP contribution in [0, 0.1) is 11.7 Å². The highest BCUT2D eigenvalue weighted by atomic mass is 32.2. The minimum Gasteiger partial charge on any atom is -0.366 e. The molecule has 17 heavy (non-hydrogen) atoms. The summed E-state index contributed by atoms with van der Waals surface area (Å²) in [4.78, 5) is 11.0. The van der Waals surface area contributed by atoms with Crippen LogP contribution in [-0.2, 0) is 5.75 Å². The van der Waals surface area contributed by atoms with Crippen molar-refractivity contribution in [2.75, 3.05) is 12.3 Å². The van der Waals surface area contributed by atoms with Crippen molar-refractivity contribution in [2.24, 2.45) is 17.4 Å². The smallest absolute Gasteiger partial charge is 0.248 e. The van der Waals surface area contributed by atoms with Gasteiger partial charge in [0, 0.05) is 11.3 Å². The van der Waals surface area contributed by atoms with Crippen LogP contribution in [0.3, 0.4) is 0 Å². The van der Waals surface area contributed by atoms with Gasteiger partial charge in [0.1, 0.15) is 5.82 Å². The number of carbonyl (C=O) groups is 1. The lowest BCUT2D eigenvalue weighted by atomic mass is 10.1. The minimum atomic E-state index is -0.536. The summed E-state index contributed by atoms with van der Waals surface area (Å²) >= 11 is 1.60. The van der Waals surface area contributed by atoms with E-state index in [4.69, 9.17) is 11.5 Å². The summed E-state index contributed by atoms with van der Waals surface area (Å²) < 4.78 is 13.4. The highest BCUT2D eigenvalue weighted by Crippen LogP contribution is 2.19. The molecule has 0 aliphatic carbocycles. The van der Waals surface area contributed by atoms with E-state index in [9.17, 15) is 9.18 Å². The third-order valence-corrected chi connectivity index (χ3v) is 3.71. The summed E-state index contributed by atoms with van der Waals surface area (Å²) in [5, 5.41) is 0. The normalized spacial score (nSPS) is 12.4. The van der Waals surface area contributed by atoms with Crippen molar-refractivity contribution in [3.8, 4) is 0 Å². The van der Waals surface area contributed by atoms with Crippen LogP contribution in [0.25, 0.3) is 0 Å². The van der Waals surface area contributed by atoms with Crippen molar-refractivity contribution in [3.63, 3.8) is 0 Å². The number of carbonyl (C=O) groups excluding carboxylic acids is 1. The van der Waals surface area contributed by atoms with Crippen LogP contribution in [-0.4, -0.2) is 18.2 Å². The van der Waals surface area contributed by atoms with Gasteiger partial charge in [0.25, 0.3) is 0 Å². The maximum atomic E-state index is 13.4. The molecule has 0 aliphatic heterocycles. The number of thioether (sulfide) groups is 1. The molecule has 0 saturated heterocycles. The molecule has 4 N–H and O–H groups in total. The van der Waals surface area contributed by atoms with E-state index in [1.807, 2.05) is 6.92 Å². The largest absolute Gasteiger partial charge is 0.366 e. The standard InChI is InChI=1S/C12H17FN2OS/c1-8(5-14)6-17-7-10-4-9(12(15)16)2-3-11(10)13/h2-4,8H,5-7,14H2,1H3,(H2,15,16). The van der Waals surface area contributed by atoms with E-state index < -0.39 is 5.91 Å². The van der Waals surface area contributed by atoms with Crippen LogP contribution in [0.1, 0.15) is 22.8 Å². The zero-order valence-electron chi connectivity index (χ0n) is 9.78.